The first kappa shape index (κ1) is 22.0. The molecule has 5 nitrogen and oxygen atoms in total. The third-order valence-corrected chi connectivity index (χ3v) is 5.50. The van der Waals surface area contributed by atoms with Gasteiger partial charge in [-0.2, -0.15) is 0 Å². The number of thiocarbonyl (C=S) groups is 1. The largest absolute Gasteiger partial charge is 0.481 e. The highest BCUT2D eigenvalue weighted by Crippen LogP contribution is 2.32. The van der Waals surface area contributed by atoms with Gasteiger partial charge >= 0.3 is 5.97 Å². The van der Waals surface area contributed by atoms with Crippen molar-refractivity contribution in [3.05, 3.63) is 83.3 Å². The van der Waals surface area contributed by atoms with Crippen molar-refractivity contribution in [1.29, 1.82) is 0 Å². The van der Waals surface area contributed by atoms with Crippen LogP contribution >= 0.6 is 35.6 Å². The fraction of sp³-hybridized carbons (Fsp3) is 0.0952. The van der Waals surface area contributed by atoms with Gasteiger partial charge in [-0.05, 0) is 66.3 Å². The van der Waals surface area contributed by atoms with Crippen LogP contribution < -0.4 is 10.6 Å². The topological polar surface area (TPSA) is 74.2 Å². The third kappa shape index (κ3) is 6.41. The number of anilines is 1. The second kappa shape index (κ2) is 10.4. The number of carboxylic acid groups (broad SMARTS) is 1. The number of pyridine rings is 1. The van der Waals surface area contributed by atoms with Crippen LogP contribution in [0.1, 0.15) is 18.0 Å². The van der Waals surface area contributed by atoms with E-state index in [2.05, 4.69) is 15.6 Å². The minimum atomic E-state index is -1.00. The van der Waals surface area contributed by atoms with Crippen molar-refractivity contribution in [1.82, 2.24) is 10.3 Å². The summed E-state index contributed by atoms with van der Waals surface area (Å²) in [6.07, 6.45) is 1.46. The van der Waals surface area contributed by atoms with Crippen molar-refractivity contribution in [3.63, 3.8) is 0 Å². The molecule has 0 spiro atoms. The van der Waals surface area contributed by atoms with Gasteiger partial charge in [-0.3, -0.25) is 4.79 Å². The smallest absolute Gasteiger partial charge is 0.305 e. The lowest BCUT2D eigenvalue weighted by Gasteiger charge is -2.20. The zero-order chi connectivity index (χ0) is 21.5. The van der Waals surface area contributed by atoms with Crippen LogP contribution in [0.5, 0.6) is 0 Å². The van der Waals surface area contributed by atoms with Gasteiger partial charge in [0.15, 0.2) is 5.11 Å². The number of aromatic nitrogens is 1. The highest BCUT2D eigenvalue weighted by atomic mass is 35.5. The Morgan fingerprint density at radius 3 is 2.53 bits per heavy atom. The third-order valence-electron chi connectivity index (χ3n) is 4.00. The molecule has 0 unspecified atom stereocenters. The first-order valence-electron chi connectivity index (χ1n) is 8.84. The summed E-state index contributed by atoms with van der Waals surface area (Å²) in [6, 6.07) is 16.0. The Kier molecular flexibility index (Phi) is 7.62. The van der Waals surface area contributed by atoms with Crippen molar-refractivity contribution in [2.45, 2.75) is 22.4 Å². The molecule has 0 saturated heterocycles. The van der Waals surface area contributed by atoms with Gasteiger partial charge in [0.1, 0.15) is 10.8 Å². The lowest BCUT2D eigenvalue weighted by Crippen LogP contribution is -2.33. The predicted octanol–water partition coefficient (Wildman–Crippen LogP) is 5.53. The van der Waals surface area contributed by atoms with Gasteiger partial charge in [-0.1, -0.05) is 35.5 Å². The summed E-state index contributed by atoms with van der Waals surface area (Å²) in [6.45, 7) is 0. The zero-order valence-electron chi connectivity index (χ0n) is 15.5. The molecule has 0 aliphatic heterocycles. The fourth-order valence-corrected chi connectivity index (χ4v) is 3.84. The number of benzene rings is 2. The standard InChI is InChI=1S/C21H17ClFN3O2S2/c22-14-5-9-16(10-6-14)30-20-17(2-1-11-24-20)25-21(29)26-18(12-19(27)28)13-3-7-15(23)8-4-13/h1-11,18H,12H2,(H,27,28)(H2,25,26,29)/t18-/m0/s1. The molecule has 9 heteroatoms. The highest BCUT2D eigenvalue weighted by Gasteiger charge is 2.17. The Morgan fingerprint density at radius 1 is 1.17 bits per heavy atom. The first-order chi connectivity index (χ1) is 14.4. The molecule has 1 atom stereocenters. The van der Waals surface area contributed by atoms with Gasteiger partial charge in [0, 0.05) is 16.1 Å². The van der Waals surface area contributed by atoms with Crippen LogP contribution in [-0.2, 0) is 4.79 Å². The van der Waals surface area contributed by atoms with Gasteiger partial charge in [0.05, 0.1) is 18.2 Å². The fourth-order valence-electron chi connectivity index (χ4n) is 2.62. The summed E-state index contributed by atoms with van der Waals surface area (Å²) < 4.78 is 13.2. The van der Waals surface area contributed by atoms with E-state index in [1.807, 2.05) is 18.2 Å². The van der Waals surface area contributed by atoms with Gasteiger partial charge in [0.25, 0.3) is 0 Å². The van der Waals surface area contributed by atoms with Crippen LogP contribution in [0.4, 0.5) is 10.1 Å². The molecule has 1 aromatic heterocycles. The van der Waals surface area contributed by atoms with Gasteiger partial charge < -0.3 is 15.7 Å². The summed E-state index contributed by atoms with van der Waals surface area (Å²) in [7, 11) is 0. The van der Waals surface area contributed by atoms with Crippen LogP contribution in [0, 0.1) is 5.82 Å². The highest BCUT2D eigenvalue weighted by molar-refractivity contribution is 7.99. The van der Waals surface area contributed by atoms with Crippen LogP contribution in [-0.4, -0.2) is 21.2 Å². The molecule has 3 rings (SSSR count). The molecule has 3 N–H and O–H groups in total. The van der Waals surface area contributed by atoms with E-state index < -0.39 is 17.8 Å². The van der Waals surface area contributed by atoms with Crippen molar-refractivity contribution in [2.24, 2.45) is 0 Å². The van der Waals surface area contributed by atoms with E-state index in [4.69, 9.17) is 23.8 Å². The van der Waals surface area contributed by atoms with Crippen molar-refractivity contribution in [3.8, 4) is 0 Å². The zero-order valence-corrected chi connectivity index (χ0v) is 17.9. The van der Waals surface area contributed by atoms with Crippen molar-refractivity contribution in [2.75, 3.05) is 5.32 Å². The number of hydrogen-bond donors (Lipinski definition) is 3. The number of rotatable bonds is 7. The maximum Gasteiger partial charge on any atom is 0.305 e. The summed E-state index contributed by atoms with van der Waals surface area (Å²) in [5.41, 5.74) is 1.29. The Labute approximate surface area is 187 Å². The van der Waals surface area contributed by atoms with E-state index in [1.165, 1.54) is 36.0 Å². The molecule has 0 aliphatic rings. The number of aliphatic carboxylic acids is 1. The lowest BCUT2D eigenvalue weighted by atomic mass is 10.0. The van der Waals surface area contributed by atoms with Crippen LogP contribution in [0.3, 0.4) is 0 Å². The van der Waals surface area contributed by atoms with Gasteiger partial charge in [0.2, 0.25) is 0 Å². The minimum Gasteiger partial charge on any atom is -0.481 e. The van der Waals surface area contributed by atoms with E-state index in [-0.39, 0.29) is 11.5 Å². The van der Waals surface area contributed by atoms with E-state index in [0.29, 0.717) is 21.3 Å². The van der Waals surface area contributed by atoms with E-state index >= 15 is 0 Å². The number of halogens is 2. The average Bonchev–Trinajstić information content (AvgIpc) is 2.71. The summed E-state index contributed by atoms with van der Waals surface area (Å²) in [5, 5.41) is 16.9. The first-order valence-corrected chi connectivity index (χ1v) is 10.4. The molecule has 30 heavy (non-hydrogen) atoms. The summed E-state index contributed by atoms with van der Waals surface area (Å²) in [5.74, 6) is -1.40. The van der Waals surface area contributed by atoms with Crippen molar-refractivity contribution >= 4 is 52.3 Å². The maximum absolute atomic E-state index is 13.2. The molecule has 0 saturated carbocycles. The molecule has 2 aromatic carbocycles. The predicted molar refractivity (Wildman–Crippen MR) is 121 cm³/mol. The Bertz CT molecular complexity index is 1030. The van der Waals surface area contributed by atoms with E-state index in [0.717, 1.165) is 4.90 Å². The SMILES string of the molecule is O=C(O)C[C@H](NC(=S)Nc1cccnc1Sc1ccc(Cl)cc1)c1ccc(F)cc1. The molecule has 0 radical (unpaired) electrons. The normalized spacial score (nSPS) is 11.5. The molecule has 0 fully saturated rings. The Hall–Kier alpha value is -2.68. The summed E-state index contributed by atoms with van der Waals surface area (Å²) in [4.78, 5) is 16.6. The number of nitrogens with one attached hydrogen (secondary N) is 2. The second-order valence-corrected chi connectivity index (χ2v) is 8.12. The number of hydrogen-bond acceptors (Lipinski definition) is 4. The monoisotopic (exact) mass is 461 g/mol. The molecule has 0 aliphatic carbocycles. The van der Waals surface area contributed by atoms with E-state index in [9.17, 15) is 14.3 Å². The molecular formula is C21H17ClFN3O2S2. The van der Waals surface area contributed by atoms with Crippen LogP contribution in [0.2, 0.25) is 5.02 Å². The van der Waals surface area contributed by atoms with E-state index in [1.54, 1.807) is 24.4 Å². The molecule has 154 valence electrons. The van der Waals surface area contributed by atoms with Gasteiger partial charge in [-0.15, -0.1) is 0 Å². The molecular weight excluding hydrogens is 445 g/mol. The average molecular weight is 462 g/mol. The van der Waals surface area contributed by atoms with Crippen LogP contribution in [0.15, 0.2) is 76.8 Å². The summed E-state index contributed by atoms with van der Waals surface area (Å²) >= 11 is 12.8. The van der Waals surface area contributed by atoms with Crippen LogP contribution in [0.25, 0.3) is 0 Å². The number of carboxylic acids is 1. The minimum absolute atomic E-state index is 0.215. The molecule has 0 bridgehead atoms. The Morgan fingerprint density at radius 2 is 1.87 bits per heavy atom. The Balaban J connectivity index is 1.73. The second-order valence-electron chi connectivity index (χ2n) is 6.21. The number of carbonyl (C=O) groups is 1. The molecule has 1 heterocycles. The lowest BCUT2D eigenvalue weighted by molar-refractivity contribution is -0.137. The molecule has 0 amide bonds. The quantitative estimate of drug-likeness (QED) is 0.399. The maximum atomic E-state index is 13.2. The molecule has 3 aromatic rings. The van der Waals surface area contributed by atoms with Crippen molar-refractivity contribution < 1.29 is 14.3 Å². The van der Waals surface area contributed by atoms with Gasteiger partial charge in [-0.25, -0.2) is 9.37 Å². The number of nitrogens with zero attached hydrogens (tertiary/aromatic N) is 1.